The summed E-state index contributed by atoms with van der Waals surface area (Å²) in [6, 6.07) is 1.66. The molecule has 0 bridgehead atoms. The van der Waals surface area contributed by atoms with E-state index in [2.05, 4.69) is 10.4 Å². The molecule has 0 unspecified atom stereocenters. The van der Waals surface area contributed by atoms with E-state index in [1.54, 1.807) is 12.3 Å². The number of carbonyl (C=O) groups excluding carboxylic acids is 1. The molecule has 0 saturated carbocycles. The molecule has 0 spiro atoms. The topological polar surface area (TPSA) is 82.2 Å². The molecule has 0 aliphatic heterocycles. The minimum absolute atomic E-state index is 0.0529. The first-order valence-corrected chi connectivity index (χ1v) is 6.25. The number of aromatic nitrogens is 2. The van der Waals surface area contributed by atoms with Gasteiger partial charge in [0, 0.05) is 19.3 Å². The Morgan fingerprint density at radius 3 is 2.94 bits per heavy atom. The quantitative estimate of drug-likeness (QED) is 0.672. The first-order valence-electron chi connectivity index (χ1n) is 6.25. The van der Waals surface area contributed by atoms with E-state index in [0.717, 1.165) is 19.4 Å². The van der Waals surface area contributed by atoms with Gasteiger partial charge in [0.15, 0.2) is 0 Å². The highest BCUT2D eigenvalue weighted by molar-refractivity contribution is 5.75. The third kappa shape index (κ3) is 6.24. The summed E-state index contributed by atoms with van der Waals surface area (Å²) in [5.41, 5.74) is 5.46. The first-order chi connectivity index (χ1) is 8.58. The van der Waals surface area contributed by atoms with Gasteiger partial charge in [0.05, 0.1) is 6.10 Å². The molecule has 18 heavy (non-hydrogen) atoms. The molecular formula is C12H22N4O2. The number of unbranched alkanes of at least 4 members (excludes halogenated alkanes) is 1. The van der Waals surface area contributed by atoms with Crippen LogP contribution in [0.4, 0.5) is 5.82 Å². The third-order valence-corrected chi connectivity index (χ3v) is 2.31. The maximum atomic E-state index is 11.5. The van der Waals surface area contributed by atoms with Crippen molar-refractivity contribution in [3.63, 3.8) is 0 Å². The molecular weight excluding hydrogens is 232 g/mol. The molecule has 1 aromatic heterocycles. The van der Waals surface area contributed by atoms with Crippen molar-refractivity contribution in [3.8, 4) is 0 Å². The molecule has 0 fully saturated rings. The van der Waals surface area contributed by atoms with Gasteiger partial charge in [0.25, 0.3) is 0 Å². The fraction of sp³-hybridized carbons (Fsp3) is 0.667. The summed E-state index contributed by atoms with van der Waals surface area (Å²) in [6.45, 7) is 5.63. The Labute approximate surface area is 107 Å². The lowest BCUT2D eigenvalue weighted by Crippen LogP contribution is -2.28. The number of rotatable bonds is 8. The summed E-state index contributed by atoms with van der Waals surface area (Å²) >= 11 is 0. The molecule has 1 aromatic rings. The largest absolute Gasteiger partial charge is 0.382 e. The molecule has 0 aliphatic rings. The standard InChI is InChI=1S/C12H22N4O2/c1-10(2)18-8-4-3-6-14-12(17)9-16-7-5-11(13)15-16/h5,7,10H,3-4,6,8-9H2,1-2H3,(H2,13,15)(H,14,17). The fourth-order valence-electron chi connectivity index (χ4n) is 1.44. The van der Waals surface area contributed by atoms with Crippen LogP contribution in [0, 0.1) is 0 Å². The van der Waals surface area contributed by atoms with Crippen LogP contribution in [0.15, 0.2) is 12.3 Å². The summed E-state index contributed by atoms with van der Waals surface area (Å²) in [4.78, 5) is 11.5. The Morgan fingerprint density at radius 2 is 2.33 bits per heavy atom. The zero-order valence-electron chi connectivity index (χ0n) is 11.1. The van der Waals surface area contributed by atoms with E-state index in [0.29, 0.717) is 12.4 Å². The van der Waals surface area contributed by atoms with Gasteiger partial charge in [-0.15, -0.1) is 0 Å². The molecule has 3 N–H and O–H groups in total. The second kappa shape index (κ2) is 7.71. The predicted molar refractivity (Wildman–Crippen MR) is 70.0 cm³/mol. The molecule has 6 heteroatoms. The Kier molecular flexibility index (Phi) is 6.21. The van der Waals surface area contributed by atoms with Crippen LogP contribution in [-0.4, -0.2) is 34.9 Å². The van der Waals surface area contributed by atoms with Crippen molar-refractivity contribution >= 4 is 11.7 Å². The average Bonchev–Trinajstić information content (AvgIpc) is 2.68. The predicted octanol–water partition coefficient (Wildman–Crippen LogP) is 0.787. The van der Waals surface area contributed by atoms with Crippen LogP contribution >= 0.6 is 0 Å². The van der Waals surface area contributed by atoms with Crippen LogP contribution in [0.25, 0.3) is 0 Å². The third-order valence-electron chi connectivity index (χ3n) is 2.31. The lowest BCUT2D eigenvalue weighted by atomic mass is 10.3. The van der Waals surface area contributed by atoms with Gasteiger partial charge in [0.1, 0.15) is 12.4 Å². The molecule has 1 heterocycles. The fourth-order valence-corrected chi connectivity index (χ4v) is 1.44. The second-order valence-electron chi connectivity index (χ2n) is 4.41. The number of carbonyl (C=O) groups is 1. The van der Waals surface area contributed by atoms with Crippen molar-refractivity contribution in [2.75, 3.05) is 18.9 Å². The molecule has 6 nitrogen and oxygen atoms in total. The van der Waals surface area contributed by atoms with Crippen molar-refractivity contribution in [2.24, 2.45) is 0 Å². The van der Waals surface area contributed by atoms with E-state index in [1.807, 2.05) is 13.8 Å². The van der Waals surface area contributed by atoms with E-state index in [9.17, 15) is 4.79 Å². The monoisotopic (exact) mass is 254 g/mol. The zero-order valence-corrected chi connectivity index (χ0v) is 11.1. The van der Waals surface area contributed by atoms with Crippen LogP contribution in [-0.2, 0) is 16.1 Å². The van der Waals surface area contributed by atoms with E-state index in [-0.39, 0.29) is 18.6 Å². The number of nitrogens with zero attached hydrogens (tertiary/aromatic N) is 2. The van der Waals surface area contributed by atoms with Crippen LogP contribution in [0.3, 0.4) is 0 Å². The van der Waals surface area contributed by atoms with Gasteiger partial charge < -0.3 is 15.8 Å². The first kappa shape index (κ1) is 14.5. The van der Waals surface area contributed by atoms with Crippen molar-refractivity contribution in [2.45, 2.75) is 39.3 Å². The maximum Gasteiger partial charge on any atom is 0.241 e. The van der Waals surface area contributed by atoms with Crippen LogP contribution < -0.4 is 11.1 Å². The molecule has 0 saturated heterocycles. The smallest absolute Gasteiger partial charge is 0.241 e. The van der Waals surface area contributed by atoms with Crippen molar-refractivity contribution in [3.05, 3.63) is 12.3 Å². The number of anilines is 1. The number of ether oxygens (including phenoxy) is 1. The highest BCUT2D eigenvalue weighted by Gasteiger charge is 2.03. The lowest BCUT2D eigenvalue weighted by Gasteiger charge is -2.08. The number of nitrogens with one attached hydrogen (secondary N) is 1. The highest BCUT2D eigenvalue weighted by atomic mass is 16.5. The summed E-state index contributed by atoms with van der Waals surface area (Å²) in [5.74, 6) is 0.372. The Hall–Kier alpha value is -1.56. The van der Waals surface area contributed by atoms with Crippen molar-refractivity contribution in [1.82, 2.24) is 15.1 Å². The Morgan fingerprint density at radius 1 is 1.56 bits per heavy atom. The number of amides is 1. The molecule has 0 aliphatic carbocycles. The maximum absolute atomic E-state index is 11.5. The molecule has 1 amide bonds. The highest BCUT2D eigenvalue weighted by Crippen LogP contribution is 1.96. The number of nitrogens with two attached hydrogens (primary N) is 1. The van der Waals surface area contributed by atoms with Crippen molar-refractivity contribution in [1.29, 1.82) is 0 Å². The minimum atomic E-state index is -0.0529. The summed E-state index contributed by atoms with van der Waals surface area (Å²) in [6.07, 6.45) is 3.82. The SMILES string of the molecule is CC(C)OCCCCNC(=O)Cn1ccc(N)n1. The van der Waals surface area contributed by atoms with Crippen molar-refractivity contribution < 1.29 is 9.53 Å². The summed E-state index contributed by atoms with van der Waals surface area (Å²) in [5, 5.41) is 6.77. The average molecular weight is 254 g/mol. The Bertz CT molecular complexity index is 363. The van der Waals surface area contributed by atoms with Crippen LogP contribution in [0.1, 0.15) is 26.7 Å². The number of nitrogen functional groups attached to an aromatic ring is 1. The molecule has 0 radical (unpaired) electrons. The zero-order chi connectivity index (χ0) is 13.4. The second-order valence-corrected chi connectivity index (χ2v) is 4.41. The Balaban J connectivity index is 2.03. The number of hydrogen-bond donors (Lipinski definition) is 2. The molecule has 0 atom stereocenters. The van der Waals surface area contributed by atoms with Gasteiger partial charge in [-0.3, -0.25) is 9.48 Å². The molecule has 0 aromatic carbocycles. The molecule has 1 rings (SSSR count). The molecule has 102 valence electrons. The van der Waals surface area contributed by atoms with E-state index in [4.69, 9.17) is 10.5 Å². The van der Waals surface area contributed by atoms with Gasteiger partial charge in [-0.1, -0.05) is 0 Å². The van der Waals surface area contributed by atoms with Crippen LogP contribution in [0.5, 0.6) is 0 Å². The van der Waals surface area contributed by atoms with Gasteiger partial charge >= 0.3 is 0 Å². The van der Waals surface area contributed by atoms with E-state index >= 15 is 0 Å². The van der Waals surface area contributed by atoms with Crippen LogP contribution in [0.2, 0.25) is 0 Å². The number of hydrogen-bond acceptors (Lipinski definition) is 4. The van der Waals surface area contributed by atoms with Gasteiger partial charge in [-0.25, -0.2) is 0 Å². The summed E-state index contributed by atoms with van der Waals surface area (Å²) < 4.78 is 6.93. The summed E-state index contributed by atoms with van der Waals surface area (Å²) in [7, 11) is 0. The minimum Gasteiger partial charge on any atom is -0.382 e. The van der Waals surface area contributed by atoms with E-state index in [1.165, 1.54) is 4.68 Å². The van der Waals surface area contributed by atoms with E-state index < -0.39 is 0 Å². The normalized spacial score (nSPS) is 10.8. The van der Waals surface area contributed by atoms with Gasteiger partial charge in [-0.05, 0) is 32.8 Å². The van der Waals surface area contributed by atoms with Gasteiger partial charge in [-0.2, -0.15) is 5.10 Å². The lowest BCUT2D eigenvalue weighted by molar-refractivity contribution is -0.121. The van der Waals surface area contributed by atoms with Gasteiger partial charge in [0.2, 0.25) is 5.91 Å².